The van der Waals surface area contributed by atoms with Gasteiger partial charge in [0.05, 0.1) is 8.49 Å². The molecule has 1 saturated heterocycles. The van der Waals surface area contributed by atoms with E-state index in [4.69, 9.17) is 0 Å². The Morgan fingerprint density at radius 1 is 1.39 bits per heavy atom. The van der Waals surface area contributed by atoms with Crippen LogP contribution in [0.3, 0.4) is 0 Å². The fourth-order valence-electron chi connectivity index (χ4n) is 2.13. The maximum Gasteiger partial charge on any atom is 0.282 e. The minimum absolute atomic E-state index is 0.167. The second-order valence-corrected chi connectivity index (χ2v) is 5.56. The molecule has 1 heterocycles. The molecule has 1 N–H and O–H groups in total. The summed E-state index contributed by atoms with van der Waals surface area (Å²) in [6, 6.07) is 5.15. The fourth-order valence-corrected chi connectivity index (χ4v) is 2.84. The molecule has 0 spiro atoms. The van der Waals surface area contributed by atoms with Crippen molar-refractivity contribution in [3.63, 3.8) is 0 Å². The maximum atomic E-state index is 10.7. The van der Waals surface area contributed by atoms with Crippen LogP contribution in [0.25, 0.3) is 0 Å². The molecule has 0 aliphatic carbocycles. The predicted molar refractivity (Wildman–Crippen MR) is 80.0 cm³/mol. The molecule has 0 bridgehead atoms. The van der Waals surface area contributed by atoms with Gasteiger partial charge in [-0.25, -0.2) is 0 Å². The third-order valence-corrected chi connectivity index (χ3v) is 3.96. The third-order valence-electron chi connectivity index (χ3n) is 3.10. The first-order valence-electron chi connectivity index (χ1n) is 6.07. The van der Waals surface area contributed by atoms with Gasteiger partial charge >= 0.3 is 0 Å². The van der Waals surface area contributed by atoms with E-state index in [2.05, 4.69) is 10.2 Å². The summed E-state index contributed by atoms with van der Waals surface area (Å²) in [7, 11) is 0. The van der Waals surface area contributed by atoms with Crippen LogP contribution in [0, 0.1) is 13.7 Å². The molecule has 1 aromatic carbocycles. The predicted octanol–water partition coefficient (Wildman–Crippen LogP) is 2.71. The van der Waals surface area contributed by atoms with E-state index in [0.29, 0.717) is 3.57 Å². The van der Waals surface area contributed by atoms with Crippen LogP contribution in [-0.4, -0.2) is 36.0 Å². The summed E-state index contributed by atoms with van der Waals surface area (Å²) in [5.41, 5.74) is 1.12. The second kappa shape index (κ2) is 6.33. The molecule has 18 heavy (non-hydrogen) atoms. The van der Waals surface area contributed by atoms with E-state index < -0.39 is 0 Å². The van der Waals surface area contributed by atoms with Crippen LogP contribution in [-0.2, 0) is 0 Å². The van der Waals surface area contributed by atoms with Crippen LogP contribution < -0.4 is 5.32 Å². The molecule has 0 aromatic heterocycles. The number of halogens is 1. The summed E-state index contributed by atoms with van der Waals surface area (Å²) >= 11 is 2.00. The molecule has 1 fully saturated rings. The van der Waals surface area contributed by atoms with Crippen LogP contribution in [0.4, 0.5) is 11.4 Å². The van der Waals surface area contributed by atoms with E-state index >= 15 is 0 Å². The highest BCUT2D eigenvalue weighted by atomic mass is 127. The molecule has 1 aromatic rings. The van der Waals surface area contributed by atoms with Gasteiger partial charge in [0.1, 0.15) is 0 Å². The molecular formula is C12H16IN3O2. The lowest BCUT2D eigenvalue weighted by atomic mass is 10.3. The summed E-state index contributed by atoms with van der Waals surface area (Å²) in [4.78, 5) is 12.8. The molecule has 98 valence electrons. The SMILES string of the molecule is O=[N+]([O-])c1ccc(NCCN2CCCC2)cc1I. The molecule has 0 radical (unpaired) electrons. The Balaban J connectivity index is 1.85. The Morgan fingerprint density at radius 3 is 2.72 bits per heavy atom. The molecule has 1 aliphatic heterocycles. The number of hydrogen-bond acceptors (Lipinski definition) is 4. The largest absolute Gasteiger partial charge is 0.384 e. The number of nitro groups is 1. The molecule has 0 amide bonds. The molecule has 2 rings (SSSR count). The Morgan fingerprint density at radius 2 is 2.11 bits per heavy atom. The second-order valence-electron chi connectivity index (χ2n) is 4.40. The highest BCUT2D eigenvalue weighted by Crippen LogP contribution is 2.23. The number of nitrogens with one attached hydrogen (secondary N) is 1. The van der Waals surface area contributed by atoms with Crippen molar-refractivity contribution < 1.29 is 4.92 Å². The van der Waals surface area contributed by atoms with Crippen LogP contribution >= 0.6 is 22.6 Å². The van der Waals surface area contributed by atoms with Crippen LogP contribution in [0.5, 0.6) is 0 Å². The molecule has 1 aliphatic rings. The molecular weight excluding hydrogens is 345 g/mol. The van der Waals surface area contributed by atoms with Gasteiger partial charge in [0.25, 0.3) is 5.69 Å². The normalized spacial score (nSPS) is 15.8. The summed E-state index contributed by atoms with van der Waals surface area (Å²) in [6.07, 6.45) is 2.60. The average Bonchev–Trinajstić information content (AvgIpc) is 2.81. The highest BCUT2D eigenvalue weighted by Gasteiger charge is 2.12. The molecule has 5 nitrogen and oxygen atoms in total. The Kier molecular flexibility index (Phi) is 4.76. The fraction of sp³-hybridized carbons (Fsp3) is 0.500. The van der Waals surface area contributed by atoms with Gasteiger partial charge in [-0.15, -0.1) is 0 Å². The summed E-state index contributed by atoms with van der Waals surface area (Å²) in [5.74, 6) is 0. The zero-order valence-corrected chi connectivity index (χ0v) is 12.2. The first-order chi connectivity index (χ1) is 8.66. The third kappa shape index (κ3) is 3.55. The Bertz CT molecular complexity index is 433. The minimum atomic E-state index is -0.351. The first kappa shape index (κ1) is 13.5. The maximum absolute atomic E-state index is 10.7. The van der Waals surface area contributed by atoms with E-state index in [0.717, 1.165) is 18.8 Å². The van der Waals surface area contributed by atoms with E-state index in [9.17, 15) is 10.1 Å². The van der Waals surface area contributed by atoms with Gasteiger partial charge < -0.3 is 10.2 Å². The van der Waals surface area contributed by atoms with Gasteiger partial charge in [0.2, 0.25) is 0 Å². The van der Waals surface area contributed by atoms with Gasteiger partial charge in [-0.3, -0.25) is 10.1 Å². The van der Waals surface area contributed by atoms with Gasteiger partial charge in [-0.1, -0.05) is 0 Å². The average molecular weight is 361 g/mol. The molecule has 0 unspecified atom stereocenters. The lowest BCUT2D eigenvalue weighted by molar-refractivity contribution is -0.385. The highest BCUT2D eigenvalue weighted by molar-refractivity contribution is 14.1. The summed E-state index contributed by atoms with van der Waals surface area (Å²) < 4.78 is 0.670. The number of anilines is 1. The van der Waals surface area contributed by atoms with Crippen molar-refractivity contribution in [1.82, 2.24) is 4.90 Å². The summed E-state index contributed by atoms with van der Waals surface area (Å²) in [6.45, 7) is 4.31. The van der Waals surface area contributed by atoms with Gasteiger partial charge in [0.15, 0.2) is 0 Å². The summed E-state index contributed by atoms with van der Waals surface area (Å²) in [5, 5.41) is 14.0. The zero-order valence-electron chi connectivity index (χ0n) is 10.1. The lowest BCUT2D eigenvalue weighted by Gasteiger charge is -2.15. The van der Waals surface area contributed by atoms with Gasteiger partial charge in [0, 0.05) is 24.8 Å². The van der Waals surface area contributed by atoms with E-state index in [1.807, 2.05) is 28.7 Å². The number of hydrogen-bond donors (Lipinski definition) is 1. The lowest BCUT2D eigenvalue weighted by Crippen LogP contribution is -2.25. The standard InChI is InChI=1S/C12H16IN3O2/c13-11-9-10(3-4-12(11)16(17)18)14-5-8-15-6-1-2-7-15/h3-4,9,14H,1-2,5-8H2. The van der Waals surface area contributed by atoms with Crippen molar-refractivity contribution in [3.8, 4) is 0 Å². The number of likely N-dealkylation sites (tertiary alicyclic amines) is 1. The molecule has 0 saturated carbocycles. The minimum Gasteiger partial charge on any atom is -0.384 e. The van der Waals surface area contributed by atoms with E-state index in [1.165, 1.54) is 25.9 Å². The number of nitrogens with zero attached hydrogens (tertiary/aromatic N) is 2. The Hall–Kier alpha value is -0.890. The van der Waals surface area contributed by atoms with Gasteiger partial charge in [-0.05, 0) is 60.7 Å². The number of nitro benzene ring substituents is 1. The number of benzene rings is 1. The van der Waals surface area contributed by atoms with Crippen LogP contribution in [0.1, 0.15) is 12.8 Å². The van der Waals surface area contributed by atoms with Crippen LogP contribution in [0.15, 0.2) is 18.2 Å². The zero-order chi connectivity index (χ0) is 13.0. The first-order valence-corrected chi connectivity index (χ1v) is 7.15. The van der Waals surface area contributed by atoms with Crippen molar-refractivity contribution in [2.45, 2.75) is 12.8 Å². The molecule has 6 heteroatoms. The van der Waals surface area contributed by atoms with Crippen molar-refractivity contribution in [2.75, 3.05) is 31.5 Å². The van der Waals surface area contributed by atoms with E-state index in [-0.39, 0.29) is 10.6 Å². The molecule has 0 atom stereocenters. The van der Waals surface area contributed by atoms with Crippen molar-refractivity contribution in [2.24, 2.45) is 0 Å². The van der Waals surface area contributed by atoms with Crippen molar-refractivity contribution in [3.05, 3.63) is 31.9 Å². The topological polar surface area (TPSA) is 58.4 Å². The monoisotopic (exact) mass is 361 g/mol. The Labute approximate surface area is 120 Å². The smallest absolute Gasteiger partial charge is 0.282 e. The van der Waals surface area contributed by atoms with Crippen LogP contribution in [0.2, 0.25) is 0 Å². The van der Waals surface area contributed by atoms with Gasteiger partial charge in [-0.2, -0.15) is 0 Å². The quantitative estimate of drug-likeness (QED) is 0.498. The van der Waals surface area contributed by atoms with Crippen molar-refractivity contribution >= 4 is 34.0 Å². The number of rotatable bonds is 5. The van der Waals surface area contributed by atoms with Crippen molar-refractivity contribution in [1.29, 1.82) is 0 Å². The van der Waals surface area contributed by atoms with E-state index in [1.54, 1.807) is 12.1 Å².